The first-order valence-electron chi connectivity index (χ1n) is 10.9. The Morgan fingerprint density at radius 2 is 1.49 bits per heavy atom. The Morgan fingerprint density at radius 3 is 2.03 bits per heavy atom. The number of carboxylic acids is 1. The number of hydrogen-bond acceptors (Lipinski definition) is 4. The minimum atomic E-state index is -4.48. The van der Waals surface area contributed by atoms with Crippen LogP contribution >= 0.6 is 0 Å². The molecule has 35 heavy (non-hydrogen) atoms. The maximum Gasteiger partial charge on any atom is 0.416 e. The molecular weight excluding hydrogens is 461 g/mol. The topological polar surface area (TPSA) is 77.0 Å². The Kier molecular flexibility index (Phi) is 6.90. The number of hydrogen-bond donors (Lipinski definition) is 1. The van der Waals surface area contributed by atoms with Crippen molar-refractivity contribution in [2.24, 2.45) is 0 Å². The number of piperazine rings is 1. The fourth-order valence-electron chi connectivity index (χ4n) is 3.92. The summed E-state index contributed by atoms with van der Waals surface area (Å²) in [6.07, 6.45) is -1.08. The van der Waals surface area contributed by atoms with Crippen molar-refractivity contribution in [1.82, 2.24) is 9.88 Å². The van der Waals surface area contributed by atoms with Gasteiger partial charge < -0.3 is 14.9 Å². The first-order chi connectivity index (χ1) is 16.7. The molecule has 1 saturated heterocycles. The minimum absolute atomic E-state index is 0.0780. The molecule has 1 aromatic heterocycles. The fourth-order valence-corrected chi connectivity index (χ4v) is 3.92. The molecule has 1 fully saturated rings. The molecule has 2 heterocycles. The van der Waals surface area contributed by atoms with E-state index < -0.39 is 17.7 Å². The second-order valence-corrected chi connectivity index (χ2v) is 8.09. The Bertz CT molecular complexity index is 1160. The zero-order chi connectivity index (χ0) is 25.0. The molecule has 182 valence electrons. The normalized spacial score (nSPS) is 14.0. The van der Waals surface area contributed by atoms with E-state index in [-0.39, 0.29) is 18.1 Å². The molecule has 3 aromatic rings. The molecule has 0 spiro atoms. The second-order valence-electron chi connectivity index (χ2n) is 8.09. The molecule has 0 saturated carbocycles. The van der Waals surface area contributed by atoms with Gasteiger partial charge in [-0.1, -0.05) is 12.1 Å². The van der Waals surface area contributed by atoms with Crippen molar-refractivity contribution in [2.75, 3.05) is 36.0 Å². The van der Waals surface area contributed by atoms with E-state index in [4.69, 9.17) is 5.11 Å². The van der Waals surface area contributed by atoms with Gasteiger partial charge in [0.1, 0.15) is 0 Å². The van der Waals surface area contributed by atoms with Crippen LogP contribution in [-0.2, 0) is 12.7 Å². The SMILES string of the molecule is O=C(O)c1ccc(CN(C(=O)N2CCN(c3ccncc3)CC2)c2ccc(C(F)(F)F)cc2)cc1. The number of alkyl halides is 3. The summed E-state index contributed by atoms with van der Waals surface area (Å²) in [5.74, 6) is -1.07. The van der Waals surface area contributed by atoms with Crippen molar-refractivity contribution >= 4 is 23.4 Å². The lowest BCUT2D eigenvalue weighted by atomic mass is 10.1. The van der Waals surface area contributed by atoms with Crippen LogP contribution in [0.5, 0.6) is 0 Å². The molecule has 10 heteroatoms. The molecule has 0 radical (unpaired) electrons. The number of amides is 2. The number of anilines is 2. The molecule has 0 atom stereocenters. The summed E-state index contributed by atoms with van der Waals surface area (Å²) in [6.45, 7) is 2.16. The standard InChI is InChI=1S/C25H23F3N4O3/c26-25(27,28)20-5-7-22(8-6-20)32(17-18-1-3-19(4-2-18)23(33)34)24(35)31-15-13-30(14-16-31)21-9-11-29-12-10-21/h1-12H,13-17H2,(H,33,34). The average Bonchev–Trinajstić information content (AvgIpc) is 2.87. The third kappa shape index (κ3) is 5.71. The molecule has 0 aliphatic carbocycles. The highest BCUT2D eigenvalue weighted by atomic mass is 19.4. The van der Waals surface area contributed by atoms with Gasteiger partial charge in [-0.25, -0.2) is 9.59 Å². The minimum Gasteiger partial charge on any atom is -0.478 e. The van der Waals surface area contributed by atoms with Crippen molar-refractivity contribution in [3.05, 3.63) is 89.7 Å². The van der Waals surface area contributed by atoms with Crippen molar-refractivity contribution in [3.8, 4) is 0 Å². The molecular formula is C25H23F3N4O3. The number of halogens is 3. The van der Waals surface area contributed by atoms with Crippen molar-refractivity contribution in [2.45, 2.75) is 12.7 Å². The summed E-state index contributed by atoms with van der Waals surface area (Å²) in [5, 5.41) is 9.12. The van der Waals surface area contributed by atoms with E-state index in [1.165, 1.54) is 29.2 Å². The van der Waals surface area contributed by atoms with Gasteiger partial charge in [-0.15, -0.1) is 0 Å². The van der Waals surface area contributed by atoms with Gasteiger partial charge in [-0.3, -0.25) is 9.88 Å². The monoisotopic (exact) mass is 484 g/mol. The van der Waals surface area contributed by atoms with Gasteiger partial charge in [0.15, 0.2) is 0 Å². The maximum absolute atomic E-state index is 13.5. The van der Waals surface area contributed by atoms with Crippen molar-refractivity contribution < 1.29 is 27.9 Å². The van der Waals surface area contributed by atoms with Crippen LogP contribution in [0, 0.1) is 0 Å². The highest BCUT2D eigenvalue weighted by Gasteiger charge is 2.31. The van der Waals surface area contributed by atoms with Crippen LogP contribution < -0.4 is 9.80 Å². The molecule has 2 amide bonds. The third-order valence-electron chi connectivity index (χ3n) is 5.86. The highest BCUT2D eigenvalue weighted by molar-refractivity contribution is 5.92. The predicted octanol–water partition coefficient (Wildman–Crippen LogP) is 4.75. The molecule has 1 aliphatic rings. The molecule has 0 unspecified atom stereocenters. The van der Waals surface area contributed by atoms with Crippen LogP contribution in [0.15, 0.2) is 73.1 Å². The van der Waals surface area contributed by atoms with E-state index in [0.717, 1.165) is 17.8 Å². The lowest BCUT2D eigenvalue weighted by molar-refractivity contribution is -0.137. The van der Waals surface area contributed by atoms with E-state index in [2.05, 4.69) is 9.88 Å². The van der Waals surface area contributed by atoms with E-state index in [1.807, 2.05) is 12.1 Å². The highest BCUT2D eigenvalue weighted by Crippen LogP contribution is 2.31. The zero-order valence-corrected chi connectivity index (χ0v) is 18.7. The van der Waals surface area contributed by atoms with Gasteiger partial charge >= 0.3 is 18.2 Å². The molecule has 2 aromatic carbocycles. The van der Waals surface area contributed by atoms with Crippen LogP contribution in [0.1, 0.15) is 21.5 Å². The number of rotatable bonds is 5. The second kappa shape index (κ2) is 10.0. The van der Waals surface area contributed by atoms with Gasteiger partial charge in [-0.2, -0.15) is 13.2 Å². The first-order valence-corrected chi connectivity index (χ1v) is 10.9. The molecule has 4 rings (SSSR count). The number of nitrogens with zero attached hydrogens (tertiary/aromatic N) is 4. The zero-order valence-electron chi connectivity index (χ0n) is 18.7. The van der Waals surface area contributed by atoms with Gasteiger partial charge in [0.05, 0.1) is 17.7 Å². The molecule has 1 N–H and O–H groups in total. The maximum atomic E-state index is 13.5. The van der Waals surface area contributed by atoms with Crippen LogP contribution in [-0.4, -0.2) is 53.2 Å². The Morgan fingerprint density at radius 1 is 0.886 bits per heavy atom. The van der Waals surface area contributed by atoms with Gasteiger partial charge in [0.25, 0.3) is 0 Å². The first kappa shape index (κ1) is 24.1. The largest absolute Gasteiger partial charge is 0.478 e. The van der Waals surface area contributed by atoms with Gasteiger partial charge in [-0.05, 0) is 54.1 Å². The van der Waals surface area contributed by atoms with Gasteiger partial charge in [0.2, 0.25) is 0 Å². The summed E-state index contributed by atoms with van der Waals surface area (Å²) in [7, 11) is 0. The Hall–Kier alpha value is -4.08. The van der Waals surface area contributed by atoms with E-state index in [0.29, 0.717) is 37.4 Å². The van der Waals surface area contributed by atoms with Crippen molar-refractivity contribution in [3.63, 3.8) is 0 Å². The predicted molar refractivity (Wildman–Crippen MR) is 124 cm³/mol. The number of carboxylic acid groups (broad SMARTS) is 1. The number of pyridine rings is 1. The Labute approximate surface area is 200 Å². The third-order valence-corrected chi connectivity index (χ3v) is 5.86. The lowest BCUT2D eigenvalue weighted by Crippen LogP contribution is -2.53. The fraction of sp³-hybridized carbons (Fsp3) is 0.240. The van der Waals surface area contributed by atoms with Crippen molar-refractivity contribution in [1.29, 1.82) is 0 Å². The molecule has 0 bridgehead atoms. The number of aromatic carboxylic acids is 1. The Balaban J connectivity index is 1.55. The van der Waals surface area contributed by atoms with E-state index in [1.54, 1.807) is 29.4 Å². The average molecular weight is 484 g/mol. The van der Waals surface area contributed by atoms with Crippen LogP contribution in [0.2, 0.25) is 0 Å². The number of carbonyl (C=O) groups is 2. The number of aromatic nitrogens is 1. The van der Waals surface area contributed by atoms with E-state index in [9.17, 15) is 22.8 Å². The smallest absolute Gasteiger partial charge is 0.416 e. The van der Waals surface area contributed by atoms with Crippen LogP contribution in [0.25, 0.3) is 0 Å². The summed E-state index contributed by atoms with van der Waals surface area (Å²) < 4.78 is 39.2. The number of benzene rings is 2. The quantitative estimate of drug-likeness (QED) is 0.566. The van der Waals surface area contributed by atoms with Gasteiger partial charge in [0, 0.05) is 49.9 Å². The molecule has 1 aliphatic heterocycles. The summed E-state index contributed by atoms with van der Waals surface area (Å²) in [6, 6.07) is 14.0. The van der Waals surface area contributed by atoms with Crippen LogP contribution in [0.3, 0.4) is 0 Å². The summed E-state index contributed by atoms with van der Waals surface area (Å²) >= 11 is 0. The van der Waals surface area contributed by atoms with E-state index >= 15 is 0 Å². The summed E-state index contributed by atoms with van der Waals surface area (Å²) in [4.78, 5) is 33.9. The number of urea groups is 1. The van der Waals surface area contributed by atoms with Crippen LogP contribution in [0.4, 0.5) is 29.3 Å². The number of carbonyl (C=O) groups excluding carboxylic acids is 1. The lowest BCUT2D eigenvalue weighted by Gasteiger charge is -2.38. The molecule has 7 nitrogen and oxygen atoms in total. The summed E-state index contributed by atoms with van der Waals surface area (Å²) in [5.41, 5.74) is 1.28.